The van der Waals surface area contributed by atoms with E-state index in [1.165, 1.54) is 0 Å². The van der Waals surface area contributed by atoms with Gasteiger partial charge in [0.2, 0.25) is 0 Å². The SMILES string of the molecule is CSC1=C(C)NC(C)=C(C(=O)O)C1c1cccc(Cl)c1. The molecule has 1 aromatic carbocycles. The summed E-state index contributed by atoms with van der Waals surface area (Å²) in [5.74, 6) is -1.18. The minimum Gasteiger partial charge on any atom is -0.478 e. The van der Waals surface area contributed by atoms with E-state index in [2.05, 4.69) is 5.32 Å². The number of hydrogen-bond donors (Lipinski definition) is 2. The summed E-state index contributed by atoms with van der Waals surface area (Å²) in [4.78, 5) is 12.6. The number of nitrogens with one attached hydrogen (secondary N) is 1. The van der Waals surface area contributed by atoms with Crippen molar-refractivity contribution in [1.29, 1.82) is 0 Å². The predicted octanol–water partition coefficient (Wildman–Crippen LogP) is 3.98. The van der Waals surface area contributed by atoms with Gasteiger partial charge in [0.05, 0.1) is 11.5 Å². The lowest BCUT2D eigenvalue weighted by molar-refractivity contribution is -0.133. The third-order valence-electron chi connectivity index (χ3n) is 3.33. The fourth-order valence-corrected chi connectivity index (χ4v) is 3.58. The molecule has 106 valence electrons. The molecule has 1 atom stereocenters. The minimum atomic E-state index is -0.904. The second-order valence-electron chi connectivity index (χ2n) is 4.65. The summed E-state index contributed by atoms with van der Waals surface area (Å²) in [5, 5.41) is 13.3. The molecular weight excluding hydrogens is 294 g/mol. The van der Waals surface area contributed by atoms with Crippen LogP contribution >= 0.6 is 23.4 Å². The zero-order valence-corrected chi connectivity index (χ0v) is 13.1. The second-order valence-corrected chi connectivity index (χ2v) is 5.93. The molecule has 0 saturated carbocycles. The van der Waals surface area contributed by atoms with Gasteiger partial charge in [-0.1, -0.05) is 23.7 Å². The van der Waals surface area contributed by atoms with Crippen LogP contribution in [0.15, 0.2) is 46.1 Å². The molecular formula is C15H16ClNO2S. The van der Waals surface area contributed by atoms with Crippen molar-refractivity contribution in [3.8, 4) is 0 Å². The van der Waals surface area contributed by atoms with Crippen molar-refractivity contribution >= 4 is 29.3 Å². The fourth-order valence-electron chi connectivity index (χ4n) is 2.53. The first-order chi connectivity index (χ1) is 9.45. The van der Waals surface area contributed by atoms with E-state index in [0.717, 1.165) is 16.2 Å². The van der Waals surface area contributed by atoms with Crippen LogP contribution in [0.5, 0.6) is 0 Å². The number of carbonyl (C=O) groups is 1. The van der Waals surface area contributed by atoms with Crippen molar-refractivity contribution in [3.05, 3.63) is 56.7 Å². The first kappa shape index (κ1) is 15.0. The molecule has 2 N–H and O–H groups in total. The lowest BCUT2D eigenvalue weighted by Gasteiger charge is -2.30. The van der Waals surface area contributed by atoms with Crippen LogP contribution in [0.3, 0.4) is 0 Å². The summed E-state index contributed by atoms with van der Waals surface area (Å²) in [6.07, 6.45) is 1.96. The van der Waals surface area contributed by atoms with Crippen LogP contribution in [0.1, 0.15) is 25.3 Å². The van der Waals surface area contributed by atoms with Crippen LogP contribution in [0, 0.1) is 0 Å². The van der Waals surface area contributed by atoms with Crippen LogP contribution in [0.25, 0.3) is 0 Å². The first-order valence-electron chi connectivity index (χ1n) is 6.17. The van der Waals surface area contributed by atoms with Gasteiger partial charge in [-0.15, -0.1) is 11.8 Å². The molecule has 0 bridgehead atoms. The molecule has 0 fully saturated rings. The Labute approximate surface area is 127 Å². The van der Waals surface area contributed by atoms with Gasteiger partial charge in [-0.25, -0.2) is 4.79 Å². The van der Waals surface area contributed by atoms with Gasteiger partial charge in [-0.3, -0.25) is 0 Å². The summed E-state index contributed by atoms with van der Waals surface area (Å²) in [5.41, 5.74) is 2.95. The maximum Gasteiger partial charge on any atom is 0.334 e. The van der Waals surface area contributed by atoms with E-state index in [0.29, 0.717) is 16.3 Å². The molecule has 0 amide bonds. The van der Waals surface area contributed by atoms with E-state index in [1.54, 1.807) is 24.8 Å². The highest BCUT2D eigenvalue weighted by atomic mass is 35.5. The average Bonchev–Trinajstić information content (AvgIpc) is 2.37. The highest BCUT2D eigenvalue weighted by Crippen LogP contribution is 2.42. The Morgan fingerprint density at radius 1 is 1.35 bits per heavy atom. The third kappa shape index (κ3) is 2.72. The van der Waals surface area contributed by atoms with Gasteiger partial charge < -0.3 is 10.4 Å². The Kier molecular flexibility index (Phi) is 4.45. The fraction of sp³-hybridized carbons (Fsp3) is 0.267. The zero-order chi connectivity index (χ0) is 14.9. The Bertz CT molecular complexity index is 622. The normalized spacial score (nSPS) is 19.1. The maximum atomic E-state index is 11.6. The Hall–Kier alpha value is -1.39. The minimum absolute atomic E-state index is 0.276. The highest BCUT2D eigenvalue weighted by molar-refractivity contribution is 8.02. The molecule has 1 heterocycles. The molecule has 1 aromatic rings. The monoisotopic (exact) mass is 309 g/mol. The van der Waals surface area contributed by atoms with E-state index in [1.807, 2.05) is 31.4 Å². The van der Waals surface area contributed by atoms with E-state index < -0.39 is 5.97 Å². The summed E-state index contributed by atoms with van der Waals surface area (Å²) in [6, 6.07) is 7.39. The van der Waals surface area contributed by atoms with E-state index in [-0.39, 0.29) is 5.92 Å². The summed E-state index contributed by atoms with van der Waals surface area (Å²) >= 11 is 7.62. The maximum absolute atomic E-state index is 11.6. The van der Waals surface area contributed by atoms with Crippen LogP contribution in [0.2, 0.25) is 5.02 Å². The molecule has 5 heteroatoms. The van der Waals surface area contributed by atoms with E-state index >= 15 is 0 Å². The number of halogens is 1. The van der Waals surface area contributed by atoms with Crippen LogP contribution in [0.4, 0.5) is 0 Å². The predicted molar refractivity (Wildman–Crippen MR) is 83.9 cm³/mol. The second kappa shape index (κ2) is 5.94. The molecule has 1 aliphatic heterocycles. The Morgan fingerprint density at radius 3 is 2.60 bits per heavy atom. The van der Waals surface area contributed by atoms with Crippen molar-refractivity contribution in [3.63, 3.8) is 0 Å². The lowest BCUT2D eigenvalue weighted by atomic mass is 9.86. The lowest BCUT2D eigenvalue weighted by Crippen LogP contribution is -2.27. The van der Waals surface area contributed by atoms with Gasteiger partial charge in [0.15, 0.2) is 0 Å². The zero-order valence-electron chi connectivity index (χ0n) is 11.5. The number of carboxylic acids is 1. The van der Waals surface area contributed by atoms with Crippen molar-refractivity contribution in [2.45, 2.75) is 19.8 Å². The smallest absolute Gasteiger partial charge is 0.334 e. The molecule has 0 radical (unpaired) electrons. The number of dihydropyridines is 1. The molecule has 20 heavy (non-hydrogen) atoms. The third-order valence-corrected chi connectivity index (χ3v) is 4.55. The molecule has 0 aliphatic carbocycles. The van der Waals surface area contributed by atoms with Gasteiger partial charge >= 0.3 is 5.97 Å². The van der Waals surface area contributed by atoms with Crippen LogP contribution in [-0.2, 0) is 4.79 Å². The molecule has 1 unspecified atom stereocenters. The Morgan fingerprint density at radius 2 is 2.05 bits per heavy atom. The standard InChI is InChI=1S/C15H16ClNO2S/c1-8-12(15(18)19)13(14(20-3)9(2)17-8)10-5-4-6-11(16)7-10/h4-7,13,17H,1-3H3,(H,18,19). The van der Waals surface area contributed by atoms with Gasteiger partial charge in [-0.2, -0.15) is 0 Å². The van der Waals surface area contributed by atoms with E-state index in [9.17, 15) is 9.90 Å². The number of hydrogen-bond acceptors (Lipinski definition) is 3. The topological polar surface area (TPSA) is 49.3 Å². The summed E-state index contributed by atoms with van der Waals surface area (Å²) in [7, 11) is 0. The number of rotatable bonds is 3. The van der Waals surface area contributed by atoms with Gasteiger partial charge in [-0.05, 0) is 37.8 Å². The van der Waals surface area contributed by atoms with Gasteiger partial charge in [0.1, 0.15) is 0 Å². The van der Waals surface area contributed by atoms with E-state index in [4.69, 9.17) is 11.6 Å². The molecule has 3 nitrogen and oxygen atoms in total. The highest BCUT2D eigenvalue weighted by Gasteiger charge is 2.32. The van der Waals surface area contributed by atoms with Crippen molar-refractivity contribution in [2.75, 3.05) is 6.26 Å². The van der Waals surface area contributed by atoms with Crippen molar-refractivity contribution in [1.82, 2.24) is 5.32 Å². The molecule has 0 spiro atoms. The number of benzene rings is 1. The quantitative estimate of drug-likeness (QED) is 0.886. The average molecular weight is 310 g/mol. The number of allylic oxidation sites excluding steroid dienone is 3. The van der Waals surface area contributed by atoms with Gasteiger partial charge in [0.25, 0.3) is 0 Å². The van der Waals surface area contributed by atoms with Crippen molar-refractivity contribution < 1.29 is 9.90 Å². The molecule has 0 saturated heterocycles. The van der Waals surface area contributed by atoms with Gasteiger partial charge in [0, 0.05) is 21.3 Å². The molecule has 0 aromatic heterocycles. The molecule has 2 rings (SSSR count). The number of thioether (sulfide) groups is 1. The largest absolute Gasteiger partial charge is 0.478 e. The van der Waals surface area contributed by atoms with Crippen LogP contribution in [-0.4, -0.2) is 17.3 Å². The van der Waals surface area contributed by atoms with Crippen molar-refractivity contribution in [2.24, 2.45) is 0 Å². The molecule has 1 aliphatic rings. The van der Waals surface area contributed by atoms with Crippen LogP contribution < -0.4 is 5.32 Å². The number of carboxylic acid groups (broad SMARTS) is 1. The number of aliphatic carboxylic acids is 1. The summed E-state index contributed by atoms with van der Waals surface area (Å²) in [6.45, 7) is 3.76. The first-order valence-corrected chi connectivity index (χ1v) is 7.77. The Balaban J connectivity index is 2.63. The summed E-state index contributed by atoms with van der Waals surface area (Å²) < 4.78 is 0.